The fraction of sp³-hybridized carbons (Fsp3) is 0.571. The minimum absolute atomic E-state index is 0.0344. The predicted octanol–water partition coefficient (Wildman–Crippen LogP) is 3.51. The molecule has 114 valence electrons. The Morgan fingerprint density at radius 2 is 2.29 bits per heavy atom. The number of hydrogen-bond acceptors (Lipinski definition) is 5. The summed E-state index contributed by atoms with van der Waals surface area (Å²) in [5, 5.41) is 5.97. The molecule has 1 aromatic heterocycles. The molecule has 6 nitrogen and oxygen atoms in total. The Labute approximate surface area is 131 Å². The van der Waals surface area contributed by atoms with Gasteiger partial charge in [0.15, 0.2) is 5.54 Å². The van der Waals surface area contributed by atoms with Crippen LogP contribution in [0.3, 0.4) is 0 Å². The maximum atomic E-state index is 12.6. The molecule has 1 saturated carbocycles. The van der Waals surface area contributed by atoms with Crippen LogP contribution in [0, 0.1) is 10.8 Å². The first-order valence-corrected chi connectivity index (χ1v) is 7.72. The van der Waals surface area contributed by atoms with E-state index in [1.54, 1.807) is 12.1 Å². The maximum absolute atomic E-state index is 12.6. The molecule has 0 radical (unpaired) electrons. The van der Waals surface area contributed by atoms with Crippen molar-refractivity contribution in [1.29, 1.82) is 0 Å². The topological polar surface area (TPSA) is 80.7 Å². The van der Waals surface area contributed by atoms with Gasteiger partial charge in [0.1, 0.15) is 4.60 Å². The molecule has 1 aromatic rings. The largest absolute Gasteiger partial charge is 0.481 e. The number of methoxy groups -OCH3 is 1. The molecule has 21 heavy (non-hydrogen) atoms. The van der Waals surface area contributed by atoms with E-state index in [4.69, 9.17) is 4.74 Å². The lowest BCUT2D eigenvalue weighted by molar-refractivity contribution is -0.124. The third-order valence-electron chi connectivity index (χ3n) is 4.11. The smallest absolute Gasteiger partial charge is 0.256 e. The van der Waals surface area contributed by atoms with Gasteiger partial charge in [-0.1, -0.05) is 18.5 Å². The molecular formula is C14H18BrN3O3. The summed E-state index contributed by atoms with van der Waals surface area (Å²) >= 11 is 3.25. The van der Waals surface area contributed by atoms with E-state index in [9.17, 15) is 9.70 Å². The molecule has 0 saturated heterocycles. The van der Waals surface area contributed by atoms with Crippen molar-refractivity contribution in [2.24, 2.45) is 11.1 Å². The highest BCUT2D eigenvalue weighted by Crippen LogP contribution is 2.41. The van der Waals surface area contributed by atoms with E-state index in [1.165, 1.54) is 7.11 Å². The van der Waals surface area contributed by atoms with Crippen molar-refractivity contribution in [1.82, 2.24) is 4.98 Å². The van der Waals surface area contributed by atoms with Gasteiger partial charge in [0.25, 0.3) is 5.91 Å². The molecule has 1 aliphatic rings. The van der Waals surface area contributed by atoms with E-state index >= 15 is 0 Å². The number of carbonyl (C=O) groups is 1. The number of rotatable bonds is 6. The molecular weight excluding hydrogens is 338 g/mol. The highest BCUT2D eigenvalue weighted by molar-refractivity contribution is 9.10. The summed E-state index contributed by atoms with van der Waals surface area (Å²) in [5.41, 5.74) is -0.652. The number of nitrogens with zero attached hydrogens (tertiary/aromatic N) is 2. The third-order valence-corrected chi connectivity index (χ3v) is 4.52. The summed E-state index contributed by atoms with van der Waals surface area (Å²) in [6.07, 6.45) is 3.19. The number of hydrogen-bond donors (Lipinski definition) is 1. The van der Waals surface area contributed by atoms with Crippen LogP contribution in [0.5, 0.6) is 5.88 Å². The lowest BCUT2D eigenvalue weighted by Gasteiger charge is -2.38. The number of pyridine rings is 1. The number of halogens is 1. The average Bonchev–Trinajstić information content (AvgIpc) is 2.41. The Hall–Kier alpha value is -1.50. The van der Waals surface area contributed by atoms with Gasteiger partial charge in [-0.05, 0) is 47.2 Å². The van der Waals surface area contributed by atoms with Gasteiger partial charge in [-0.15, -0.1) is 4.91 Å². The van der Waals surface area contributed by atoms with Gasteiger partial charge in [-0.25, -0.2) is 4.98 Å². The summed E-state index contributed by atoms with van der Waals surface area (Å²) in [4.78, 5) is 28.0. The number of aromatic nitrogens is 1. The Morgan fingerprint density at radius 3 is 2.76 bits per heavy atom. The van der Waals surface area contributed by atoms with E-state index in [0.29, 0.717) is 22.6 Å². The molecule has 1 N–H and O–H groups in total. The van der Waals surface area contributed by atoms with E-state index < -0.39 is 5.54 Å². The molecule has 1 aliphatic carbocycles. The van der Waals surface area contributed by atoms with Crippen molar-refractivity contribution in [2.45, 2.75) is 38.1 Å². The van der Waals surface area contributed by atoms with Crippen LogP contribution in [0.2, 0.25) is 0 Å². The first-order valence-electron chi connectivity index (χ1n) is 6.93. The van der Waals surface area contributed by atoms with E-state index in [1.807, 2.05) is 6.92 Å². The zero-order valence-electron chi connectivity index (χ0n) is 12.1. The molecule has 0 aliphatic heterocycles. The molecule has 1 heterocycles. The van der Waals surface area contributed by atoms with Crippen LogP contribution < -0.4 is 10.1 Å². The fourth-order valence-electron chi connectivity index (χ4n) is 2.59. The minimum atomic E-state index is -1.18. The van der Waals surface area contributed by atoms with Crippen molar-refractivity contribution in [3.05, 3.63) is 21.6 Å². The minimum Gasteiger partial charge on any atom is -0.481 e. The number of ether oxygens (including phenoxy) is 1. The maximum Gasteiger partial charge on any atom is 0.256 e. The van der Waals surface area contributed by atoms with Crippen molar-refractivity contribution >= 4 is 27.5 Å². The van der Waals surface area contributed by atoms with E-state index in [2.05, 4.69) is 31.4 Å². The van der Waals surface area contributed by atoms with Gasteiger partial charge < -0.3 is 10.1 Å². The summed E-state index contributed by atoms with van der Waals surface area (Å²) in [6.45, 7) is 1.82. The van der Waals surface area contributed by atoms with Crippen molar-refractivity contribution < 1.29 is 9.53 Å². The van der Waals surface area contributed by atoms with Crippen LogP contribution >= 0.6 is 15.9 Å². The van der Waals surface area contributed by atoms with Crippen LogP contribution in [0.1, 0.15) is 32.6 Å². The standard InChI is InChI=1S/C14H18BrN3O3/c1-3-14(18-20,9-5-4-6-9)13(19)16-10-7-11(15)17-12(8-10)21-2/h7-9H,3-6H2,1-2H3,(H,16,17,19). The highest BCUT2D eigenvalue weighted by Gasteiger charge is 2.48. The lowest BCUT2D eigenvalue weighted by Crippen LogP contribution is -2.49. The number of nitroso groups, excluding NO2 is 1. The molecule has 0 aromatic carbocycles. The predicted molar refractivity (Wildman–Crippen MR) is 83.3 cm³/mol. The molecule has 0 spiro atoms. The van der Waals surface area contributed by atoms with Gasteiger partial charge in [-0.2, -0.15) is 0 Å². The second-order valence-corrected chi connectivity index (χ2v) is 5.98. The summed E-state index contributed by atoms with van der Waals surface area (Å²) in [5.74, 6) is 0.0570. The van der Waals surface area contributed by atoms with Crippen LogP contribution in [0.15, 0.2) is 21.9 Å². The van der Waals surface area contributed by atoms with Crippen LogP contribution in [-0.2, 0) is 4.79 Å². The summed E-state index contributed by atoms with van der Waals surface area (Å²) in [7, 11) is 1.50. The molecule has 2 rings (SSSR count). The van der Waals surface area contributed by atoms with Gasteiger partial charge in [0, 0.05) is 11.8 Å². The zero-order valence-corrected chi connectivity index (χ0v) is 13.6. The van der Waals surface area contributed by atoms with Gasteiger partial charge >= 0.3 is 0 Å². The van der Waals surface area contributed by atoms with Crippen LogP contribution in [0.4, 0.5) is 5.69 Å². The second kappa shape index (κ2) is 6.51. The van der Waals surface area contributed by atoms with E-state index in [0.717, 1.165) is 19.3 Å². The number of carbonyl (C=O) groups excluding carboxylic acids is 1. The number of amides is 1. The molecule has 0 bridgehead atoms. The summed E-state index contributed by atoms with van der Waals surface area (Å²) < 4.78 is 5.60. The second-order valence-electron chi connectivity index (χ2n) is 5.17. The third kappa shape index (κ3) is 3.07. The van der Waals surface area contributed by atoms with Gasteiger partial charge in [-0.3, -0.25) is 4.79 Å². The molecule has 1 unspecified atom stereocenters. The monoisotopic (exact) mass is 355 g/mol. The van der Waals surface area contributed by atoms with Crippen molar-refractivity contribution in [3.63, 3.8) is 0 Å². The Kier molecular flexibility index (Phi) is 4.92. The first kappa shape index (κ1) is 15.9. The van der Waals surface area contributed by atoms with Gasteiger partial charge in [0.2, 0.25) is 5.88 Å². The SMILES string of the molecule is CCC(N=O)(C(=O)Nc1cc(Br)nc(OC)c1)C1CCC1. The van der Waals surface area contributed by atoms with Gasteiger partial charge in [0.05, 0.1) is 7.11 Å². The molecule has 7 heteroatoms. The summed E-state index contributed by atoms with van der Waals surface area (Å²) in [6, 6.07) is 3.26. The Morgan fingerprint density at radius 1 is 1.57 bits per heavy atom. The van der Waals surface area contributed by atoms with Crippen molar-refractivity contribution in [2.75, 3.05) is 12.4 Å². The van der Waals surface area contributed by atoms with Crippen molar-refractivity contribution in [3.8, 4) is 5.88 Å². The number of anilines is 1. The average molecular weight is 356 g/mol. The molecule has 1 amide bonds. The molecule has 1 atom stereocenters. The Bertz CT molecular complexity index is 548. The highest BCUT2D eigenvalue weighted by atomic mass is 79.9. The number of nitrogens with one attached hydrogen (secondary N) is 1. The van der Waals surface area contributed by atoms with Crippen LogP contribution in [-0.4, -0.2) is 23.5 Å². The Balaban J connectivity index is 2.22. The molecule has 1 fully saturated rings. The fourth-order valence-corrected chi connectivity index (χ4v) is 3.01. The van der Waals surface area contributed by atoms with Crippen LogP contribution in [0.25, 0.3) is 0 Å². The normalized spacial score (nSPS) is 17.5. The lowest BCUT2D eigenvalue weighted by atomic mass is 9.69. The van der Waals surface area contributed by atoms with E-state index in [-0.39, 0.29) is 11.8 Å². The first-order chi connectivity index (χ1) is 10.1. The quantitative estimate of drug-likeness (QED) is 0.625. The zero-order chi connectivity index (χ0) is 15.5.